The average molecular weight is 353 g/mol. The Labute approximate surface area is 152 Å². The van der Waals surface area contributed by atoms with Crippen molar-refractivity contribution in [2.45, 2.75) is 31.9 Å². The zero-order valence-electron chi connectivity index (χ0n) is 14.1. The number of ether oxygens (including phenoxy) is 1. The molecule has 1 unspecified atom stereocenters. The third-order valence-electron chi connectivity index (χ3n) is 5.44. The van der Waals surface area contributed by atoms with Crippen LogP contribution in [0, 0.1) is 0 Å². The zero-order chi connectivity index (χ0) is 16.8. The Balaban J connectivity index is 1.57. The number of nitrogens with zero attached hydrogens (tertiary/aromatic N) is 1. The number of aromatic nitrogens is 1. The van der Waals surface area contributed by atoms with E-state index in [2.05, 4.69) is 28.1 Å². The molecule has 0 amide bonds. The van der Waals surface area contributed by atoms with Crippen molar-refractivity contribution < 1.29 is 4.74 Å². The topological polar surface area (TPSA) is 26.2 Å². The number of nitrogens with one attached hydrogen (secondary N) is 1. The Morgan fingerprint density at radius 3 is 2.84 bits per heavy atom. The van der Waals surface area contributed by atoms with Crippen molar-refractivity contribution in [3.63, 3.8) is 0 Å². The predicted octanol–water partition coefficient (Wildman–Crippen LogP) is 3.99. The molecule has 2 aromatic carbocycles. The van der Waals surface area contributed by atoms with Crippen LogP contribution in [0.5, 0.6) is 5.75 Å². The molecule has 5 rings (SSSR count). The van der Waals surface area contributed by atoms with Gasteiger partial charge in [0.2, 0.25) is 0 Å². The van der Waals surface area contributed by atoms with Gasteiger partial charge in [-0.3, -0.25) is 0 Å². The maximum atomic E-state index is 6.30. The van der Waals surface area contributed by atoms with Gasteiger partial charge >= 0.3 is 0 Å². The second-order valence-electron chi connectivity index (χ2n) is 6.97. The molecule has 3 heterocycles. The van der Waals surface area contributed by atoms with E-state index in [-0.39, 0.29) is 6.10 Å². The van der Waals surface area contributed by atoms with Crippen LogP contribution < -0.4 is 10.1 Å². The minimum absolute atomic E-state index is 0.116. The van der Waals surface area contributed by atoms with E-state index < -0.39 is 0 Å². The standard InChI is InChI=1S/C21H21ClN2O/c22-18-6-1-2-7-20(18)25-15-12-14-4-3-5-17-16-8-10-23-11-9-19(16)24(13-15)21(14)17/h1-7,15,23H,8-13H2. The van der Waals surface area contributed by atoms with Crippen molar-refractivity contribution in [1.82, 2.24) is 9.88 Å². The molecule has 0 aliphatic carbocycles. The highest BCUT2D eigenvalue weighted by Crippen LogP contribution is 2.35. The Kier molecular flexibility index (Phi) is 3.72. The van der Waals surface area contributed by atoms with Crippen LogP contribution in [0.1, 0.15) is 16.8 Å². The van der Waals surface area contributed by atoms with Crippen LogP contribution in [-0.2, 0) is 25.8 Å². The van der Waals surface area contributed by atoms with E-state index in [1.165, 1.54) is 27.7 Å². The number of para-hydroxylation sites is 2. The van der Waals surface area contributed by atoms with E-state index in [0.717, 1.165) is 44.6 Å². The summed E-state index contributed by atoms with van der Waals surface area (Å²) >= 11 is 6.30. The first-order valence-electron chi connectivity index (χ1n) is 9.05. The minimum atomic E-state index is 0.116. The molecule has 2 aliphatic heterocycles. The zero-order valence-corrected chi connectivity index (χ0v) is 14.9. The molecule has 0 radical (unpaired) electrons. The van der Waals surface area contributed by atoms with E-state index in [9.17, 15) is 0 Å². The molecule has 1 N–H and O–H groups in total. The van der Waals surface area contributed by atoms with E-state index in [1.54, 1.807) is 0 Å². The number of benzene rings is 2. The van der Waals surface area contributed by atoms with Crippen molar-refractivity contribution >= 4 is 22.5 Å². The third kappa shape index (κ3) is 2.54. The lowest BCUT2D eigenvalue weighted by molar-refractivity contribution is 0.176. The summed E-state index contributed by atoms with van der Waals surface area (Å²) < 4.78 is 8.81. The van der Waals surface area contributed by atoms with Crippen molar-refractivity contribution in [2.75, 3.05) is 13.1 Å². The average Bonchev–Trinajstić information content (AvgIpc) is 2.79. The fraction of sp³-hybridized carbons (Fsp3) is 0.333. The molecule has 0 bridgehead atoms. The first kappa shape index (κ1) is 15.3. The van der Waals surface area contributed by atoms with Crippen LogP contribution in [-0.4, -0.2) is 23.8 Å². The number of halogens is 1. The number of hydrogen-bond acceptors (Lipinski definition) is 2. The quantitative estimate of drug-likeness (QED) is 0.754. The largest absolute Gasteiger partial charge is 0.487 e. The van der Waals surface area contributed by atoms with Crippen LogP contribution >= 0.6 is 11.6 Å². The maximum Gasteiger partial charge on any atom is 0.138 e. The van der Waals surface area contributed by atoms with Crippen molar-refractivity contribution in [1.29, 1.82) is 0 Å². The molecule has 1 aromatic heterocycles. The Morgan fingerprint density at radius 2 is 1.92 bits per heavy atom. The molecule has 4 heteroatoms. The summed E-state index contributed by atoms with van der Waals surface area (Å²) in [5.74, 6) is 0.782. The highest BCUT2D eigenvalue weighted by Gasteiger charge is 2.28. The highest BCUT2D eigenvalue weighted by atomic mass is 35.5. The molecule has 0 fully saturated rings. The summed E-state index contributed by atoms with van der Waals surface area (Å²) in [5.41, 5.74) is 5.83. The van der Waals surface area contributed by atoms with Gasteiger partial charge in [0.1, 0.15) is 11.9 Å². The van der Waals surface area contributed by atoms with E-state index in [4.69, 9.17) is 16.3 Å². The smallest absolute Gasteiger partial charge is 0.138 e. The third-order valence-corrected chi connectivity index (χ3v) is 5.76. The van der Waals surface area contributed by atoms with Crippen LogP contribution in [0.4, 0.5) is 0 Å². The highest BCUT2D eigenvalue weighted by molar-refractivity contribution is 6.32. The molecule has 25 heavy (non-hydrogen) atoms. The van der Waals surface area contributed by atoms with Crippen molar-refractivity contribution in [2.24, 2.45) is 0 Å². The fourth-order valence-corrected chi connectivity index (χ4v) is 4.58. The number of rotatable bonds is 2. The molecular formula is C21H21ClN2O. The fourth-order valence-electron chi connectivity index (χ4n) is 4.40. The molecule has 3 aromatic rings. The lowest BCUT2D eigenvalue weighted by Gasteiger charge is -2.27. The van der Waals surface area contributed by atoms with Crippen molar-refractivity contribution in [3.8, 4) is 5.75 Å². The van der Waals surface area contributed by atoms with Gasteiger partial charge in [-0.15, -0.1) is 0 Å². The molecule has 3 nitrogen and oxygen atoms in total. The lowest BCUT2D eigenvalue weighted by atomic mass is 10.00. The first-order valence-corrected chi connectivity index (χ1v) is 9.43. The van der Waals surface area contributed by atoms with Gasteiger partial charge in [-0.1, -0.05) is 41.9 Å². The van der Waals surface area contributed by atoms with E-state index in [1.807, 2.05) is 24.3 Å². The van der Waals surface area contributed by atoms with Crippen LogP contribution in [0.2, 0.25) is 5.02 Å². The molecule has 1 atom stereocenters. The lowest BCUT2D eigenvalue weighted by Crippen LogP contribution is -2.30. The molecule has 128 valence electrons. The maximum absolute atomic E-state index is 6.30. The molecule has 0 saturated heterocycles. The van der Waals surface area contributed by atoms with Crippen LogP contribution in [0.15, 0.2) is 42.5 Å². The molecular weight excluding hydrogens is 332 g/mol. The minimum Gasteiger partial charge on any atom is -0.487 e. The predicted molar refractivity (Wildman–Crippen MR) is 102 cm³/mol. The molecule has 0 spiro atoms. The van der Waals surface area contributed by atoms with Crippen LogP contribution in [0.3, 0.4) is 0 Å². The molecule has 2 aliphatic rings. The van der Waals surface area contributed by atoms with Gasteiger partial charge in [-0.25, -0.2) is 0 Å². The Hall–Kier alpha value is -1.97. The second kappa shape index (κ2) is 6.08. The summed E-state index contributed by atoms with van der Waals surface area (Å²) in [7, 11) is 0. The normalized spacial score (nSPS) is 19.5. The van der Waals surface area contributed by atoms with Crippen molar-refractivity contribution in [3.05, 3.63) is 64.3 Å². The summed E-state index contributed by atoms with van der Waals surface area (Å²) in [4.78, 5) is 0. The van der Waals surface area contributed by atoms with Gasteiger partial charge < -0.3 is 14.6 Å². The first-order chi connectivity index (χ1) is 12.3. The monoisotopic (exact) mass is 352 g/mol. The molecule has 0 saturated carbocycles. The van der Waals surface area contributed by atoms with Gasteiger partial charge in [-0.05, 0) is 36.2 Å². The summed E-state index contributed by atoms with van der Waals surface area (Å²) in [5, 5.41) is 5.65. The van der Waals surface area contributed by atoms with Gasteiger partial charge in [0, 0.05) is 30.5 Å². The summed E-state index contributed by atoms with van der Waals surface area (Å²) in [6.45, 7) is 3.01. The summed E-state index contributed by atoms with van der Waals surface area (Å²) in [6, 6.07) is 14.5. The number of fused-ring (bicyclic) bond motifs is 3. The second-order valence-corrected chi connectivity index (χ2v) is 7.38. The van der Waals surface area contributed by atoms with Crippen LogP contribution in [0.25, 0.3) is 10.9 Å². The Bertz CT molecular complexity index is 946. The van der Waals surface area contributed by atoms with Gasteiger partial charge in [0.25, 0.3) is 0 Å². The summed E-state index contributed by atoms with van der Waals surface area (Å²) in [6.07, 6.45) is 3.25. The SMILES string of the molecule is Clc1ccccc1OC1Cc2cccc3c4c(n(c23)C1)CCNCC4. The van der Waals surface area contributed by atoms with E-state index >= 15 is 0 Å². The van der Waals surface area contributed by atoms with Gasteiger partial charge in [0.15, 0.2) is 0 Å². The number of hydrogen-bond donors (Lipinski definition) is 1. The van der Waals surface area contributed by atoms with Gasteiger partial charge in [0.05, 0.1) is 17.1 Å². The Morgan fingerprint density at radius 1 is 1.04 bits per heavy atom. The van der Waals surface area contributed by atoms with E-state index in [0.29, 0.717) is 5.02 Å². The van der Waals surface area contributed by atoms with Gasteiger partial charge in [-0.2, -0.15) is 0 Å².